The topological polar surface area (TPSA) is 46.2 Å². The summed E-state index contributed by atoms with van der Waals surface area (Å²) in [6.45, 7) is 1.94. The third-order valence-electron chi connectivity index (χ3n) is 2.19. The Morgan fingerprint density at radius 1 is 1.27 bits per heavy atom. The monoisotopic (exact) mass is 215 g/mol. The van der Waals surface area contributed by atoms with Crippen LogP contribution in [0.15, 0.2) is 18.2 Å². The second kappa shape index (κ2) is 4.68. The van der Waals surface area contributed by atoms with Crippen molar-refractivity contribution in [2.45, 2.75) is 25.4 Å². The summed E-state index contributed by atoms with van der Waals surface area (Å²) in [6, 6.07) is 3.24. The highest BCUT2D eigenvalue weighted by Gasteiger charge is 2.20. The van der Waals surface area contributed by atoms with Crippen LogP contribution in [-0.4, -0.2) is 17.3 Å². The molecule has 0 fully saturated rings. The molecule has 0 bridgehead atoms. The Kier molecular flexibility index (Phi) is 3.77. The summed E-state index contributed by atoms with van der Waals surface area (Å²) < 4.78 is 25.7. The number of rotatable bonds is 4. The van der Waals surface area contributed by atoms with Crippen molar-refractivity contribution >= 4 is 0 Å². The maximum absolute atomic E-state index is 12.8. The van der Waals surface area contributed by atoms with Gasteiger partial charge in [-0.3, -0.25) is 0 Å². The number of hydrogen-bond donors (Lipinski definition) is 2. The van der Waals surface area contributed by atoms with Crippen LogP contribution >= 0.6 is 0 Å². The van der Waals surface area contributed by atoms with Crippen molar-refractivity contribution < 1.29 is 13.9 Å². The summed E-state index contributed by atoms with van der Waals surface area (Å²) in [5, 5.41) is 9.82. The number of hydrogen-bond acceptors (Lipinski definition) is 2. The second-order valence-electron chi connectivity index (χ2n) is 3.99. The molecule has 0 amide bonds. The third-order valence-corrected chi connectivity index (χ3v) is 2.19. The Morgan fingerprint density at radius 3 is 2.27 bits per heavy atom. The normalized spacial score (nSPS) is 15.0. The van der Waals surface area contributed by atoms with E-state index in [1.807, 2.05) is 0 Å². The lowest BCUT2D eigenvalue weighted by molar-refractivity contribution is 0.0538. The van der Waals surface area contributed by atoms with Crippen molar-refractivity contribution in [3.8, 4) is 0 Å². The summed E-state index contributed by atoms with van der Waals surface area (Å²) in [5.74, 6) is -1.26. The average molecular weight is 215 g/mol. The van der Waals surface area contributed by atoms with Gasteiger partial charge < -0.3 is 10.8 Å². The van der Waals surface area contributed by atoms with Gasteiger partial charge in [0.1, 0.15) is 11.6 Å². The van der Waals surface area contributed by atoms with E-state index in [1.54, 1.807) is 6.92 Å². The van der Waals surface area contributed by atoms with E-state index in [4.69, 9.17) is 5.73 Å². The van der Waals surface area contributed by atoms with Crippen LogP contribution in [-0.2, 0) is 6.42 Å². The predicted molar refractivity (Wildman–Crippen MR) is 54.4 cm³/mol. The van der Waals surface area contributed by atoms with Crippen LogP contribution < -0.4 is 5.73 Å². The van der Waals surface area contributed by atoms with Crippen LogP contribution in [0.25, 0.3) is 0 Å². The van der Waals surface area contributed by atoms with Crippen LogP contribution in [0.1, 0.15) is 18.9 Å². The first-order valence-electron chi connectivity index (χ1n) is 4.80. The van der Waals surface area contributed by atoms with E-state index >= 15 is 0 Å². The van der Waals surface area contributed by atoms with E-state index in [2.05, 4.69) is 0 Å². The minimum absolute atomic E-state index is 0.193. The van der Waals surface area contributed by atoms with E-state index < -0.39 is 17.2 Å². The van der Waals surface area contributed by atoms with E-state index in [9.17, 15) is 13.9 Å². The van der Waals surface area contributed by atoms with E-state index in [1.165, 1.54) is 12.1 Å². The van der Waals surface area contributed by atoms with E-state index in [0.717, 1.165) is 6.07 Å². The number of halogens is 2. The fourth-order valence-corrected chi connectivity index (χ4v) is 1.55. The highest BCUT2D eigenvalue weighted by atomic mass is 19.1. The summed E-state index contributed by atoms with van der Waals surface area (Å²) in [5.41, 5.74) is 4.74. The largest absolute Gasteiger partial charge is 0.390 e. The molecule has 0 aliphatic heterocycles. The lowest BCUT2D eigenvalue weighted by Gasteiger charge is -2.22. The molecule has 4 heteroatoms. The smallest absolute Gasteiger partial charge is 0.126 e. The van der Waals surface area contributed by atoms with E-state index in [0.29, 0.717) is 18.5 Å². The van der Waals surface area contributed by atoms with Gasteiger partial charge in [-0.2, -0.15) is 0 Å². The zero-order valence-corrected chi connectivity index (χ0v) is 8.63. The zero-order valence-electron chi connectivity index (χ0n) is 8.63. The van der Waals surface area contributed by atoms with Crippen LogP contribution in [0.5, 0.6) is 0 Å². The first kappa shape index (κ1) is 12.1. The maximum Gasteiger partial charge on any atom is 0.126 e. The SMILES string of the molecule is CC(O)(CCN)Cc1cc(F)cc(F)c1. The predicted octanol–water partition coefficient (Wildman–Crippen LogP) is 1.61. The molecule has 0 heterocycles. The molecule has 0 saturated heterocycles. The van der Waals surface area contributed by atoms with Crippen LogP contribution in [0.3, 0.4) is 0 Å². The Hall–Kier alpha value is -1.00. The Morgan fingerprint density at radius 2 is 1.80 bits per heavy atom. The molecule has 15 heavy (non-hydrogen) atoms. The molecule has 2 nitrogen and oxygen atoms in total. The fraction of sp³-hybridized carbons (Fsp3) is 0.455. The van der Waals surface area contributed by atoms with Gasteiger partial charge in [0.05, 0.1) is 5.60 Å². The van der Waals surface area contributed by atoms with Crippen molar-refractivity contribution in [3.05, 3.63) is 35.4 Å². The van der Waals surface area contributed by atoms with Gasteiger partial charge in [-0.25, -0.2) is 8.78 Å². The average Bonchev–Trinajstić information content (AvgIpc) is 1.99. The van der Waals surface area contributed by atoms with Crippen LogP contribution in [0.2, 0.25) is 0 Å². The Bertz CT molecular complexity index is 319. The van der Waals surface area contributed by atoms with Gasteiger partial charge in [-0.05, 0) is 37.6 Å². The van der Waals surface area contributed by atoms with Gasteiger partial charge in [-0.15, -0.1) is 0 Å². The molecule has 1 aromatic rings. The fourth-order valence-electron chi connectivity index (χ4n) is 1.55. The summed E-state index contributed by atoms with van der Waals surface area (Å²) in [7, 11) is 0. The van der Waals surface area contributed by atoms with Crippen molar-refractivity contribution in [3.63, 3.8) is 0 Å². The Balaban J connectivity index is 2.80. The quantitative estimate of drug-likeness (QED) is 0.801. The maximum atomic E-state index is 12.8. The molecule has 1 aromatic carbocycles. The lowest BCUT2D eigenvalue weighted by atomic mass is 9.93. The van der Waals surface area contributed by atoms with Gasteiger partial charge in [0.15, 0.2) is 0 Å². The highest BCUT2D eigenvalue weighted by Crippen LogP contribution is 2.18. The molecule has 0 aromatic heterocycles. The summed E-state index contributed by atoms with van der Waals surface area (Å²) in [4.78, 5) is 0. The molecule has 0 aliphatic carbocycles. The van der Waals surface area contributed by atoms with Crippen molar-refractivity contribution in [2.24, 2.45) is 5.73 Å². The molecular weight excluding hydrogens is 200 g/mol. The zero-order chi connectivity index (χ0) is 11.5. The van der Waals surface area contributed by atoms with Gasteiger partial charge in [0.25, 0.3) is 0 Å². The molecule has 84 valence electrons. The standard InChI is InChI=1S/C11H15F2NO/c1-11(15,2-3-14)7-8-4-9(12)6-10(13)5-8/h4-6,15H,2-3,7,14H2,1H3. The molecule has 0 aliphatic rings. The van der Waals surface area contributed by atoms with Crippen molar-refractivity contribution in [1.82, 2.24) is 0 Å². The minimum Gasteiger partial charge on any atom is -0.390 e. The minimum atomic E-state index is -1.02. The van der Waals surface area contributed by atoms with Gasteiger partial charge in [0.2, 0.25) is 0 Å². The van der Waals surface area contributed by atoms with Gasteiger partial charge in [-0.1, -0.05) is 0 Å². The molecule has 1 atom stereocenters. The molecule has 0 saturated carbocycles. The molecule has 3 N–H and O–H groups in total. The van der Waals surface area contributed by atoms with E-state index in [-0.39, 0.29) is 6.42 Å². The molecule has 0 radical (unpaired) electrons. The molecule has 0 spiro atoms. The lowest BCUT2D eigenvalue weighted by Crippen LogP contribution is -2.30. The summed E-state index contributed by atoms with van der Waals surface area (Å²) in [6.07, 6.45) is 0.587. The van der Waals surface area contributed by atoms with Crippen LogP contribution in [0, 0.1) is 11.6 Å². The Labute approximate surface area is 87.7 Å². The summed E-state index contributed by atoms with van der Waals surface area (Å²) >= 11 is 0. The van der Waals surface area contributed by atoms with Crippen LogP contribution in [0.4, 0.5) is 8.78 Å². The second-order valence-corrected chi connectivity index (χ2v) is 3.99. The molecule has 1 rings (SSSR count). The first-order chi connectivity index (χ1) is 6.93. The van der Waals surface area contributed by atoms with Gasteiger partial charge >= 0.3 is 0 Å². The first-order valence-corrected chi connectivity index (χ1v) is 4.80. The number of aliphatic hydroxyl groups is 1. The third kappa shape index (κ3) is 3.93. The highest BCUT2D eigenvalue weighted by molar-refractivity contribution is 5.19. The van der Waals surface area contributed by atoms with Gasteiger partial charge in [0, 0.05) is 12.5 Å². The number of nitrogens with two attached hydrogens (primary N) is 1. The van der Waals surface area contributed by atoms with Crippen molar-refractivity contribution in [2.75, 3.05) is 6.54 Å². The molecular formula is C11H15F2NO. The molecule has 1 unspecified atom stereocenters. The van der Waals surface area contributed by atoms with Crippen molar-refractivity contribution in [1.29, 1.82) is 0 Å². The number of benzene rings is 1.